The van der Waals surface area contributed by atoms with Crippen LogP contribution < -0.4 is 4.72 Å². The van der Waals surface area contributed by atoms with Crippen molar-refractivity contribution < 1.29 is 8.42 Å². The zero-order valence-electron chi connectivity index (χ0n) is 9.06. The Balaban J connectivity index is 2.12. The lowest BCUT2D eigenvalue weighted by Crippen LogP contribution is -2.28. The fourth-order valence-electron chi connectivity index (χ4n) is 1.87. The molecular formula is C12H12BrNO2S. The Morgan fingerprint density at radius 1 is 1.47 bits per heavy atom. The van der Waals surface area contributed by atoms with Crippen molar-refractivity contribution in [2.75, 3.05) is 6.54 Å². The maximum absolute atomic E-state index is 11.8. The van der Waals surface area contributed by atoms with E-state index in [9.17, 15) is 8.42 Å². The molecule has 1 aliphatic rings. The van der Waals surface area contributed by atoms with Crippen LogP contribution in [0.1, 0.15) is 17.9 Å². The van der Waals surface area contributed by atoms with Crippen molar-refractivity contribution in [3.05, 3.63) is 34.3 Å². The summed E-state index contributed by atoms with van der Waals surface area (Å²) in [5.41, 5.74) is 1.04. The topological polar surface area (TPSA) is 46.2 Å². The number of terminal acetylenes is 1. The molecule has 90 valence electrons. The van der Waals surface area contributed by atoms with Crippen LogP contribution in [0.3, 0.4) is 0 Å². The fraction of sp³-hybridized carbons (Fsp3) is 0.333. The van der Waals surface area contributed by atoms with Gasteiger partial charge in [0.05, 0.1) is 11.8 Å². The van der Waals surface area contributed by atoms with Crippen molar-refractivity contribution in [2.24, 2.45) is 0 Å². The predicted molar refractivity (Wildman–Crippen MR) is 71.0 cm³/mol. The van der Waals surface area contributed by atoms with E-state index in [2.05, 4.69) is 26.6 Å². The van der Waals surface area contributed by atoms with Crippen LogP contribution in [0.25, 0.3) is 0 Å². The Morgan fingerprint density at radius 3 is 2.82 bits per heavy atom. The second-order valence-corrected chi connectivity index (χ2v) is 6.81. The molecule has 1 aromatic rings. The van der Waals surface area contributed by atoms with Crippen molar-refractivity contribution in [3.63, 3.8) is 0 Å². The van der Waals surface area contributed by atoms with Crippen LogP contribution in [0.2, 0.25) is 0 Å². The molecule has 0 radical (unpaired) electrons. The summed E-state index contributed by atoms with van der Waals surface area (Å²) in [5, 5.41) is -0.352. The van der Waals surface area contributed by atoms with E-state index in [0.29, 0.717) is 6.42 Å². The molecule has 0 amide bonds. The van der Waals surface area contributed by atoms with Crippen LogP contribution in [0, 0.1) is 12.3 Å². The van der Waals surface area contributed by atoms with Crippen molar-refractivity contribution in [1.29, 1.82) is 0 Å². The maximum atomic E-state index is 11.8. The highest BCUT2D eigenvalue weighted by atomic mass is 79.9. The van der Waals surface area contributed by atoms with Gasteiger partial charge in [-0.3, -0.25) is 0 Å². The van der Waals surface area contributed by atoms with Gasteiger partial charge in [0, 0.05) is 10.4 Å². The summed E-state index contributed by atoms with van der Waals surface area (Å²) in [5.74, 6) is 2.34. The standard InChI is InChI=1S/C12H12BrNO2S/c1-2-7-14-17(15,16)12-8-10(12)9-5-3-4-6-11(9)13/h1,3-6,10,12,14H,7-8H2. The molecule has 2 atom stereocenters. The van der Waals surface area contributed by atoms with Gasteiger partial charge in [-0.2, -0.15) is 0 Å². The second kappa shape index (κ2) is 4.81. The lowest BCUT2D eigenvalue weighted by Gasteiger charge is -2.05. The summed E-state index contributed by atoms with van der Waals surface area (Å²) in [6.45, 7) is 0.0571. The van der Waals surface area contributed by atoms with Gasteiger partial charge in [-0.1, -0.05) is 40.0 Å². The number of nitrogens with one attached hydrogen (secondary N) is 1. The van der Waals surface area contributed by atoms with Gasteiger partial charge in [0.25, 0.3) is 0 Å². The monoisotopic (exact) mass is 313 g/mol. The number of rotatable bonds is 4. The number of sulfonamides is 1. The molecule has 2 rings (SSSR count). The van der Waals surface area contributed by atoms with E-state index in [-0.39, 0.29) is 17.7 Å². The molecule has 1 fully saturated rings. The summed E-state index contributed by atoms with van der Waals surface area (Å²) in [4.78, 5) is 0. The first-order valence-electron chi connectivity index (χ1n) is 5.22. The maximum Gasteiger partial charge on any atom is 0.215 e. The van der Waals surface area contributed by atoms with E-state index in [1.165, 1.54) is 0 Å². The van der Waals surface area contributed by atoms with Crippen LogP contribution in [0.5, 0.6) is 0 Å². The van der Waals surface area contributed by atoms with E-state index in [0.717, 1.165) is 10.0 Å². The Bertz CT molecular complexity index is 562. The van der Waals surface area contributed by atoms with Crippen LogP contribution in [0.4, 0.5) is 0 Å². The molecule has 1 saturated carbocycles. The normalized spacial score (nSPS) is 23.1. The second-order valence-electron chi connectivity index (χ2n) is 3.97. The molecule has 17 heavy (non-hydrogen) atoms. The van der Waals surface area contributed by atoms with Gasteiger partial charge in [-0.25, -0.2) is 13.1 Å². The average molecular weight is 314 g/mol. The zero-order chi connectivity index (χ0) is 12.5. The number of halogens is 1. The third-order valence-corrected chi connectivity index (χ3v) is 5.40. The van der Waals surface area contributed by atoms with Gasteiger partial charge >= 0.3 is 0 Å². The Kier molecular flexibility index (Phi) is 3.57. The lowest BCUT2D eigenvalue weighted by molar-refractivity contribution is 0.584. The SMILES string of the molecule is C#CCNS(=O)(=O)C1CC1c1ccccc1Br. The van der Waals surface area contributed by atoms with Crippen LogP contribution in [0.15, 0.2) is 28.7 Å². The minimum Gasteiger partial charge on any atom is -0.212 e. The van der Waals surface area contributed by atoms with Crippen molar-refractivity contribution in [2.45, 2.75) is 17.6 Å². The Hall–Kier alpha value is -0.830. The molecule has 0 aromatic heterocycles. The summed E-state index contributed by atoms with van der Waals surface area (Å²) in [6, 6.07) is 7.70. The molecule has 5 heteroatoms. The molecular weight excluding hydrogens is 302 g/mol. The number of hydrogen-bond acceptors (Lipinski definition) is 2. The summed E-state index contributed by atoms with van der Waals surface area (Å²) >= 11 is 3.44. The average Bonchev–Trinajstić information content (AvgIpc) is 3.08. The Labute approximate surface area is 110 Å². The highest BCUT2D eigenvalue weighted by Gasteiger charge is 2.48. The minimum atomic E-state index is -3.28. The van der Waals surface area contributed by atoms with E-state index >= 15 is 0 Å². The summed E-state index contributed by atoms with van der Waals surface area (Å²) < 4.78 is 27.0. The molecule has 0 saturated heterocycles. The minimum absolute atomic E-state index is 0.0571. The Morgan fingerprint density at radius 2 is 2.18 bits per heavy atom. The highest BCUT2D eigenvalue weighted by Crippen LogP contribution is 2.47. The molecule has 3 nitrogen and oxygen atoms in total. The largest absolute Gasteiger partial charge is 0.215 e. The fourth-order valence-corrected chi connectivity index (χ4v) is 3.98. The highest BCUT2D eigenvalue weighted by molar-refractivity contribution is 9.10. The molecule has 2 unspecified atom stereocenters. The van der Waals surface area contributed by atoms with Gasteiger partial charge in [0.1, 0.15) is 0 Å². The first kappa shape index (κ1) is 12.6. The number of benzene rings is 1. The van der Waals surface area contributed by atoms with E-state index in [1.807, 2.05) is 24.3 Å². The van der Waals surface area contributed by atoms with Crippen LogP contribution in [-0.4, -0.2) is 20.2 Å². The van der Waals surface area contributed by atoms with Gasteiger partial charge in [-0.05, 0) is 18.1 Å². The quantitative estimate of drug-likeness (QED) is 0.862. The summed E-state index contributed by atoms with van der Waals surface area (Å²) in [7, 11) is -3.28. The molecule has 0 aliphatic heterocycles. The van der Waals surface area contributed by atoms with Gasteiger partial charge < -0.3 is 0 Å². The van der Waals surface area contributed by atoms with Gasteiger partial charge in [0.15, 0.2) is 0 Å². The molecule has 0 spiro atoms. The predicted octanol–water partition coefficient (Wildman–Crippen LogP) is 1.86. The lowest BCUT2D eigenvalue weighted by atomic mass is 10.1. The first-order chi connectivity index (χ1) is 8.06. The summed E-state index contributed by atoms with van der Waals surface area (Å²) in [6.07, 6.45) is 5.70. The van der Waals surface area contributed by atoms with Gasteiger partial charge in [-0.15, -0.1) is 6.42 Å². The molecule has 1 aliphatic carbocycles. The molecule has 1 aromatic carbocycles. The van der Waals surface area contributed by atoms with Crippen molar-refractivity contribution in [3.8, 4) is 12.3 Å². The van der Waals surface area contributed by atoms with Crippen LogP contribution in [-0.2, 0) is 10.0 Å². The molecule has 1 N–H and O–H groups in total. The van der Waals surface area contributed by atoms with Crippen molar-refractivity contribution >= 4 is 26.0 Å². The van der Waals surface area contributed by atoms with E-state index in [1.54, 1.807) is 0 Å². The first-order valence-corrected chi connectivity index (χ1v) is 7.56. The number of hydrogen-bond donors (Lipinski definition) is 1. The smallest absolute Gasteiger partial charge is 0.212 e. The van der Waals surface area contributed by atoms with Crippen LogP contribution >= 0.6 is 15.9 Å². The third kappa shape index (κ3) is 2.71. The third-order valence-electron chi connectivity index (χ3n) is 2.81. The van der Waals surface area contributed by atoms with E-state index < -0.39 is 10.0 Å². The van der Waals surface area contributed by atoms with Gasteiger partial charge in [0.2, 0.25) is 10.0 Å². The molecule has 0 bridgehead atoms. The van der Waals surface area contributed by atoms with E-state index in [4.69, 9.17) is 6.42 Å². The molecule has 0 heterocycles. The van der Waals surface area contributed by atoms with Crippen molar-refractivity contribution in [1.82, 2.24) is 4.72 Å². The zero-order valence-corrected chi connectivity index (χ0v) is 11.5.